The third kappa shape index (κ3) is 4.90. The zero-order chi connectivity index (χ0) is 16.2. The summed E-state index contributed by atoms with van der Waals surface area (Å²) in [5.41, 5.74) is 6.38. The van der Waals surface area contributed by atoms with Crippen molar-refractivity contribution in [3.63, 3.8) is 0 Å². The molecule has 0 saturated carbocycles. The predicted molar refractivity (Wildman–Crippen MR) is 80.6 cm³/mol. The molecule has 0 aliphatic rings. The lowest BCUT2D eigenvalue weighted by atomic mass is 10.2. The van der Waals surface area contributed by atoms with Gasteiger partial charge in [0, 0.05) is 18.2 Å². The average molecular weight is 314 g/mol. The van der Waals surface area contributed by atoms with Gasteiger partial charge in [0.25, 0.3) is 5.91 Å². The van der Waals surface area contributed by atoms with Crippen molar-refractivity contribution in [1.82, 2.24) is 9.78 Å². The van der Waals surface area contributed by atoms with Crippen molar-refractivity contribution in [2.75, 3.05) is 0 Å². The number of hydrogen-bond donors (Lipinski definition) is 1. The van der Waals surface area contributed by atoms with Crippen molar-refractivity contribution in [2.45, 2.75) is 40.3 Å². The lowest BCUT2D eigenvalue weighted by Crippen LogP contribution is -2.29. The highest BCUT2D eigenvalue weighted by atomic mass is 35.5. The number of ether oxygens (including phenoxy) is 1. The molecule has 1 aromatic rings. The van der Waals surface area contributed by atoms with Gasteiger partial charge >= 0.3 is 5.97 Å². The Morgan fingerprint density at radius 3 is 2.57 bits per heavy atom. The van der Waals surface area contributed by atoms with Crippen molar-refractivity contribution in [3.8, 4) is 0 Å². The zero-order valence-corrected chi connectivity index (χ0v) is 13.3. The van der Waals surface area contributed by atoms with E-state index < -0.39 is 18.0 Å². The van der Waals surface area contributed by atoms with E-state index in [9.17, 15) is 9.59 Å². The molecule has 0 fully saturated rings. The van der Waals surface area contributed by atoms with E-state index in [1.165, 1.54) is 19.1 Å². The first-order chi connectivity index (χ1) is 9.72. The molecule has 21 heavy (non-hydrogen) atoms. The van der Waals surface area contributed by atoms with Crippen LogP contribution in [0, 0.1) is 12.8 Å². The summed E-state index contributed by atoms with van der Waals surface area (Å²) in [7, 11) is 0. The van der Waals surface area contributed by atoms with E-state index in [2.05, 4.69) is 18.9 Å². The van der Waals surface area contributed by atoms with Crippen LogP contribution in [-0.2, 0) is 20.9 Å². The first-order valence-corrected chi connectivity index (χ1v) is 7.01. The average Bonchev–Trinajstić information content (AvgIpc) is 2.61. The maximum Gasteiger partial charge on any atom is 0.331 e. The number of amides is 1. The molecule has 6 nitrogen and oxygen atoms in total. The molecule has 0 saturated heterocycles. The molecular weight excluding hydrogens is 294 g/mol. The number of nitrogens with two attached hydrogens (primary N) is 1. The van der Waals surface area contributed by atoms with Gasteiger partial charge in [-0.3, -0.25) is 9.48 Å². The summed E-state index contributed by atoms with van der Waals surface area (Å²) in [6.45, 7) is 8.03. The Hall–Kier alpha value is -1.82. The number of halogens is 1. The molecule has 116 valence electrons. The smallest absolute Gasteiger partial charge is 0.331 e. The van der Waals surface area contributed by atoms with Gasteiger partial charge in [-0.05, 0) is 25.8 Å². The minimum atomic E-state index is -0.970. The summed E-state index contributed by atoms with van der Waals surface area (Å²) in [6.07, 6.45) is 1.76. The van der Waals surface area contributed by atoms with Gasteiger partial charge in [0.2, 0.25) is 0 Å². The molecule has 7 heteroatoms. The number of carbonyl (C=O) groups excluding carboxylic acids is 2. The van der Waals surface area contributed by atoms with Crippen LogP contribution in [0.15, 0.2) is 6.08 Å². The largest absolute Gasteiger partial charge is 0.449 e. The zero-order valence-electron chi connectivity index (χ0n) is 12.6. The predicted octanol–water partition coefficient (Wildman–Crippen LogP) is 1.93. The van der Waals surface area contributed by atoms with Crippen molar-refractivity contribution in [3.05, 3.63) is 22.5 Å². The molecule has 0 aromatic carbocycles. The van der Waals surface area contributed by atoms with Gasteiger partial charge in [0.1, 0.15) is 5.15 Å². The van der Waals surface area contributed by atoms with Crippen LogP contribution in [0.1, 0.15) is 32.0 Å². The van der Waals surface area contributed by atoms with Crippen LogP contribution in [0.4, 0.5) is 0 Å². The van der Waals surface area contributed by atoms with E-state index >= 15 is 0 Å². The number of aromatic nitrogens is 2. The molecule has 1 rings (SSSR count). The third-order valence-electron chi connectivity index (χ3n) is 2.73. The number of esters is 1. The Morgan fingerprint density at radius 2 is 2.05 bits per heavy atom. The lowest BCUT2D eigenvalue weighted by molar-refractivity contribution is -0.148. The van der Waals surface area contributed by atoms with Gasteiger partial charge in [-0.25, -0.2) is 4.79 Å². The van der Waals surface area contributed by atoms with Gasteiger partial charge in [-0.2, -0.15) is 5.10 Å². The first kappa shape index (κ1) is 17.2. The van der Waals surface area contributed by atoms with Gasteiger partial charge in [-0.1, -0.05) is 25.4 Å². The Balaban J connectivity index is 2.83. The summed E-state index contributed by atoms with van der Waals surface area (Å²) in [5.74, 6) is -0.955. The van der Waals surface area contributed by atoms with Crippen molar-refractivity contribution >= 4 is 29.6 Å². The quantitative estimate of drug-likeness (QED) is 0.642. The van der Waals surface area contributed by atoms with Gasteiger partial charge in [-0.15, -0.1) is 0 Å². The Kier molecular flexibility index (Phi) is 5.96. The van der Waals surface area contributed by atoms with Crippen LogP contribution in [-0.4, -0.2) is 27.8 Å². The topological polar surface area (TPSA) is 87.2 Å². The van der Waals surface area contributed by atoms with Crippen molar-refractivity contribution in [2.24, 2.45) is 11.7 Å². The van der Waals surface area contributed by atoms with Crippen LogP contribution in [0.5, 0.6) is 0 Å². The molecule has 1 heterocycles. The highest BCUT2D eigenvalue weighted by Crippen LogP contribution is 2.22. The van der Waals surface area contributed by atoms with E-state index in [0.29, 0.717) is 28.9 Å². The van der Waals surface area contributed by atoms with Crippen LogP contribution >= 0.6 is 11.6 Å². The van der Waals surface area contributed by atoms with Crippen LogP contribution < -0.4 is 5.73 Å². The first-order valence-electron chi connectivity index (χ1n) is 6.63. The number of primary amides is 1. The standard InChI is InChI=1S/C14H20ClN3O3/c1-8(2)7-18-13(15)11(9(3)17-18)5-6-12(19)21-10(4)14(16)20/h5-6,8,10H,7H2,1-4H3,(H2,16,20)/b6-5+/t10-/m1/s1. The second kappa shape index (κ2) is 7.26. The maximum absolute atomic E-state index is 11.6. The SMILES string of the molecule is Cc1nn(CC(C)C)c(Cl)c1/C=C/C(=O)O[C@H](C)C(N)=O. The monoisotopic (exact) mass is 313 g/mol. The molecule has 2 N–H and O–H groups in total. The summed E-state index contributed by atoms with van der Waals surface area (Å²) >= 11 is 6.24. The number of carbonyl (C=O) groups is 2. The molecule has 1 amide bonds. The number of nitrogens with zero attached hydrogens (tertiary/aromatic N) is 2. The van der Waals surface area contributed by atoms with Gasteiger partial charge < -0.3 is 10.5 Å². The highest BCUT2D eigenvalue weighted by molar-refractivity contribution is 6.31. The van der Waals surface area contributed by atoms with E-state index in [1.807, 2.05) is 0 Å². The fraction of sp³-hybridized carbons (Fsp3) is 0.500. The Morgan fingerprint density at radius 1 is 1.43 bits per heavy atom. The van der Waals surface area contributed by atoms with Gasteiger partial charge in [0.05, 0.1) is 5.69 Å². The molecule has 1 aromatic heterocycles. The normalized spacial score (nSPS) is 12.9. The second-order valence-electron chi connectivity index (χ2n) is 5.18. The number of aryl methyl sites for hydroxylation is 1. The lowest BCUT2D eigenvalue weighted by Gasteiger charge is -2.06. The van der Waals surface area contributed by atoms with E-state index in [1.54, 1.807) is 11.6 Å². The Labute approximate surface area is 128 Å². The summed E-state index contributed by atoms with van der Waals surface area (Å²) in [4.78, 5) is 22.4. The number of hydrogen-bond acceptors (Lipinski definition) is 4. The molecule has 0 aliphatic carbocycles. The highest BCUT2D eigenvalue weighted by Gasteiger charge is 2.14. The minimum absolute atomic E-state index is 0.403. The molecule has 1 atom stereocenters. The Bertz CT molecular complexity index is 564. The van der Waals surface area contributed by atoms with Crippen molar-refractivity contribution < 1.29 is 14.3 Å². The van der Waals surface area contributed by atoms with E-state index in [0.717, 1.165) is 0 Å². The van der Waals surface area contributed by atoms with Crippen LogP contribution in [0.3, 0.4) is 0 Å². The van der Waals surface area contributed by atoms with E-state index in [-0.39, 0.29) is 0 Å². The molecule has 0 aliphatic heterocycles. The maximum atomic E-state index is 11.6. The van der Waals surface area contributed by atoms with Crippen molar-refractivity contribution in [1.29, 1.82) is 0 Å². The van der Waals surface area contributed by atoms with Crippen LogP contribution in [0.2, 0.25) is 5.15 Å². The molecule has 0 bridgehead atoms. The van der Waals surface area contributed by atoms with Gasteiger partial charge in [0.15, 0.2) is 6.10 Å². The summed E-state index contributed by atoms with van der Waals surface area (Å²) < 4.78 is 6.51. The molecule has 0 radical (unpaired) electrons. The molecule has 0 unspecified atom stereocenters. The fourth-order valence-electron chi connectivity index (χ4n) is 1.65. The summed E-state index contributed by atoms with van der Waals surface area (Å²) in [5, 5.41) is 4.79. The second-order valence-corrected chi connectivity index (χ2v) is 5.54. The minimum Gasteiger partial charge on any atom is -0.449 e. The van der Waals surface area contributed by atoms with Crippen LogP contribution in [0.25, 0.3) is 6.08 Å². The number of rotatable bonds is 6. The van der Waals surface area contributed by atoms with E-state index in [4.69, 9.17) is 22.1 Å². The summed E-state index contributed by atoms with van der Waals surface area (Å²) in [6, 6.07) is 0. The fourth-order valence-corrected chi connectivity index (χ4v) is 1.95. The third-order valence-corrected chi connectivity index (χ3v) is 3.13. The molecular formula is C14H20ClN3O3. The molecule has 0 spiro atoms.